The van der Waals surface area contributed by atoms with Gasteiger partial charge in [0, 0.05) is 31.4 Å². The van der Waals surface area contributed by atoms with Crippen LogP contribution in [-0.2, 0) is 0 Å². The Kier molecular flexibility index (Phi) is 5.20. The minimum atomic E-state index is -0.582. The van der Waals surface area contributed by atoms with E-state index in [4.69, 9.17) is 0 Å². The maximum atomic E-state index is 13.9. The van der Waals surface area contributed by atoms with E-state index in [-0.39, 0.29) is 30.0 Å². The largest absolute Gasteiger partial charge is 0.348 e. The Morgan fingerprint density at radius 2 is 2.18 bits per heavy atom. The molecule has 1 unspecified atom stereocenters. The summed E-state index contributed by atoms with van der Waals surface area (Å²) in [6, 6.07) is 3.96. The number of benzene rings is 1. The smallest absolute Gasteiger partial charge is 0.321 e. The summed E-state index contributed by atoms with van der Waals surface area (Å²) in [5, 5.41) is 8.62. The predicted molar refractivity (Wildman–Crippen MR) is 83.1 cm³/mol. The summed E-state index contributed by atoms with van der Waals surface area (Å²) in [6.07, 6.45) is 0.835. The van der Waals surface area contributed by atoms with Crippen molar-refractivity contribution in [2.24, 2.45) is 0 Å². The quantitative estimate of drug-likeness (QED) is 0.771. The molecule has 0 aromatic heterocycles. The van der Waals surface area contributed by atoms with Crippen molar-refractivity contribution < 1.29 is 14.0 Å². The van der Waals surface area contributed by atoms with Crippen molar-refractivity contribution in [2.75, 3.05) is 31.1 Å². The topological polar surface area (TPSA) is 73.5 Å². The van der Waals surface area contributed by atoms with Crippen LogP contribution in [0, 0.1) is 5.82 Å². The summed E-state index contributed by atoms with van der Waals surface area (Å²) < 4.78 is 13.9. The van der Waals surface area contributed by atoms with Crippen molar-refractivity contribution in [3.8, 4) is 0 Å². The lowest BCUT2D eigenvalue weighted by molar-refractivity contribution is 0.0936. The zero-order valence-corrected chi connectivity index (χ0v) is 12.7. The molecule has 0 aliphatic carbocycles. The first-order chi connectivity index (χ1) is 10.1. The van der Waals surface area contributed by atoms with E-state index >= 15 is 0 Å². The summed E-state index contributed by atoms with van der Waals surface area (Å²) in [4.78, 5) is 25.3. The number of rotatable bonds is 3. The molecule has 120 valence electrons. The second kappa shape index (κ2) is 6.93. The molecule has 6 nitrogen and oxygen atoms in total. The zero-order valence-electron chi connectivity index (χ0n) is 11.9. The van der Waals surface area contributed by atoms with Gasteiger partial charge in [0.25, 0.3) is 5.91 Å². The standard InChI is InChI=1S/C14H17FN4O2.ClH/c15-12-2-1-10(19-6-5-17-14(19)21)7-11(12)13(20)18-9-3-4-16-8-9;/h1-2,7,9,16H,3-6,8H2,(H,17,21)(H,18,20);1H. The molecule has 2 saturated heterocycles. The van der Waals surface area contributed by atoms with E-state index in [1.165, 1.54) is 23.1 Å². The Labute approximate surface area is 133 Å². The number of urea groups is 1. The first-order valence-electron chi connectivity index (χ1n) is 7.01. The number of nitrogens with zero attached hydrogens (tertiary/aromatic N) is 1. The Morgan fingerprint density at radius 1 is 1.36 bits per heavy atom. The van der Waals surface area contributed by atoms with Gasteiger partial charge in [-0.25, -0.2) is 9.18 Å². The van der Waals surface area contributed by atoms with E-state index in [1.807, 2.05) is 0 Å². The van der Waals surface area contributed by atoms with Crippen LogP contribution >= 0.6 is 12.4 Å². The van der Waals surface area contributed by atoms with Crippen LogP contribution in [0.2, 0.25) is 0 Å². The van der Waals surface area contributed by atoms with Gasteiger partial charge >= 0.3 is 6.03 Å². The minimum absolute atomic E-state index is 0. The van der Waals surface area contributed by atoms with Crippen LogP contribution in [0.25, 0.3) is 0 Å². The van der Waals surface area contributed by atoms with Gasteiger partial charge in [-0.1, -0.05) is 0 Å². The summed E-state index contributed by atoms with van der Waals surface area (Å²) in [7, 11) is 0. The third kappa shape index (κ3) is 3.31. The SMILES string of the molecule is Cl.O=C(NC1CCNC1)c1cc(N2CCNC2=O)ccc1F. The fraction of sp³-hybridized carbons (Fsp3) is 0.429. The van der Waals surface area contributed by atoms with Crippen LogP contribution in [0.4, 0.5) is 14.9 Å². The third-order valence-corrected chi connectivity index (χ3v) is 3.76. The fourth-order valence-electron chi connectivity index (χ4n) is 2.61. The molecular weight excluding hydrogens is 311 g/mol. The molecule has 2 aliphatic heterocycles. The van der Waals surface area contributed by atoms with Crippen LogP contribution in [0.1, 0.15) is 16.8 Å². The van der Waals surface area contributed by atoms with E-state index in [9.17, 15) is 14.0 Å². The zero-order chi connectivity index (χ0) is 14.8. The number of hydrogen-bond acceptors (Lipinski definition) is 3. The predicted octanol–water partition coefficient (Wildman–Crippen LogP) is 0.869. The van der Waals surface area contributed by atoms with Gasteiger partial charge < -0.3 is 16.0 Å². The number of carbonyl (C=O) groups excluding carboxylic acids is 2. The average Bonchev–Trinajstić information content (AvgIpc) is 3.11. The first-order valence-corrected chi connectivity index (χ1v) is 7.01. The van der Waals surface area contributed by atoms with E-state index in [0.717, 1.165) is 13.0 Å². The van der Waals surface area contributed by atoms with Crippen LogP contribution in [0.5, 0.6) is 0 Å². The van der Waals surface area contributed by atoms with Gasteiger partial charge in [-0.15, -0.1) is 12.4 Å². The maximum absolute atomic E-state index is 13.9. The molecule has 2 fully saturated rings. The minimum Gasteiger partial charge on any atom is -0.348 e. The van der Waals surface area contributed by atoms with Gasteiger partial charge in [-0.2, -0.15) is 0 Å². The summed E-state index contributed by atoms with van der Waals surface area (Å²) in [5.41, 5.74) is 0.500. The Morgan fingerprint density at radius 3 is 2.82 bits per heavy atom. The molecule has 3 amide bonds. The molecule has 1 aromatic carbocycles. The Bertz CT molecular complexity index is 578. The highest BCUT2D eigenvalue weighted by molar-refractivity contribution is 5.98. The second-order valence-electron chi connectivity index (χ2n) is 5.21. The number of halogens is 2. The van der Waals surface area contributed by atoms with Crippen molar-refractivity contribution in [1.82, 2.24) is 16.0 Å². The molecule has 1 atom stereocenters. The van der Waals surface area contributed by atoms with E-state index in [2.05, 4.69) is 16.0 Å². The average molecular weight is 329 g/mol. The number of amides is 3. The highest BCUT2D eigenvalue weighted by Gasteiger charge is 2.24. The summed E-state index contributed by atoms with van der Waals surface area (Å²) in [6.45, 7) is 2.60. The van der Waals surface area contributed by atoms with Crippen LogP contribution in [0.15, 0.2) is 18.2 Å². The molecule has 8 heteroatoms. The number of hydrogen-bond donors (Lipinski definition) is 3. The van der Waals surface area contributed by atoms with Crippen molar-refractivity contribution in [1.29, 1.82) is 0 Å². The molecular formula is C14H18ClFN4O2. The lowest BCUT2D eigenvalue weighted by atomic mass is 10.1. The number of nitrogens with one attached hydrogen (secondary N) is 3. The summed E-state index contributed by atoms with van der Waals surface area (Å²) in [5.74, 6) is -1.02. The monoisotopic (exact) mass is 328 g/mol. The van der Waals surface area contributed by atoms with Gasteiger partial charge in [-0.05, 0) is 31.2 Å². The first kappa shape index (κ1) is 16.5. The Hall–Kier alpha value is -1.86. The van der Waals surface area contributed by atoms with Gasteiger partial charge in [-0.3, -0.25) is 9.69 Å². The van der Waals surface area contributed by atoms with Gasteiger partial charge in [0.05, 0.1) is 5.56 Å². The van der Waals surface area contributed by atoms with E-state index in [0.29, 0.717) is 25.3 Å². The third-order valence-electron chi connectivity index (χ3n) is 3.76. The van der Waals surface area contributed by atoms with Gasteiger partial charge in [0.15, 0.2) is 0 Å². The summed E-state index contributed by atoms with van der Waals surface area (Å²) >= 11 is 0. The van der Waals surface area contributed by atoms with Crippen molar-refractivity contribution >= 4 is 30.0 Å². The molecule has 2 aliphatic rings. The number of anilines is 1. The van der Waals surface area contributed by atoms with Crippen LogP contribution < -0.4 is 20.9 Å². The van der Waals surface area contributed by atoms with Gasteiger partial charge in [0.2, 0.25) is 0 Å². The van der Waals surface area contributed by atoms with Crippen LogP contribution in [-0.4, -0.2) is 44.2 Å². The van der Waals surface area contributed by atoms with Crippen molar-refractivity contribution in [2.45, 2.75) is 12.5 Å². The molecule has 0 spiro atoms. The van der Waals surface area contributed by atoms with E-state index in [1.54, 1.807) is 0 Å². The maximum Gasteiger partial charge on any atom is 0.321 e. The molecule has 3 N–H and O–H groups in total. The molecule has 0 bridgehead atoms. The molecule has 2 heterocycles. The fourth-order valence-corrected chi connectivity index (χ4v) is 2.61. The highest BCUT2D eigenvalue weighted by atomic mass is 35.5. The number of carbonyl (C=O) groups is 2. The van der Waals surface area contributed by atoms with Crippen LogP contribution in [0.3, 0.4) is 0 Å². The highest BCUT2D eigenvalue weighted by Crippen LogP contribution is 2.20. The second-order valence-corrected chi connectivity index (χ2v) is 5.21. The molecule has 0 saturated carbocycles. The normalized spacial score (nSPS) is 20.5. The van der Waals surface area contributed by atoms with Gasteiger partial charge in [0.1, 0.15) is 5.82 Å². The molecule has 22 heavy (non-hydrogen) atoms. The molecule has 1 aromatic rings. The van der Waals surface area contributed by atoms with Crippen molar-refractivity contribution in [3.63, 3.8) is 0 Å². The van der Waals surface area contributed by atoms with Crippen molar-refractivity contribution in [3.05, 3.63) is 29.6 Å². The lowest BCUT2D eigenvalue weighted by Gasteiger charge is -2.16. The van der Waals surface area contributed by atoms with E-state index < -0.39 is 11.7 Å². The molecule has 3 rings (SSSR count). The Balaban J connectivity index is 0.00000176. The lowest BCUT2D eigenvalue weighted by Crippen LogP contribution is -2.36. The molecule has 0 radical (unpaired) electrons.